The van der Waals surface area contributed by atoms with Crippen molar-refractivity contribution in [2.75, 3.05) is 0 Å². The van der Waals surface area contributed by atoms with Gasteiger partial charge in [-0.3, -0.25) is 0 Å². The van der Waals surface area contributed by atoms with E-state index in [0.717, 1.165) is 11.6 Å². The molecule has 0 aliphatic rings. The molecular formula is C18H18ClF3O2. The molecule has 24 heavy (non-hydrogen) atoms. The fourth-order valence-corrected chi connectivity index (χ4v) is 2.85. The number of aryl methyl sites for hydroxylation is 1. The lowest BCUT2D eigenvalue weighted by Gasteiger charge is -2.14. The topological polar surface area (TPSA) is 40.5 Å². The van der Waals surface area contributed by atoms with Gasteiger partial charge in [0, 0.05) is 6.07 Å². The zero-order valence-corrected chi connectivity index (χ0v) is 13.8. The molecule has 2 N–H and O–H groups in total. The van der Waals surface area contributed by atoms with E-state index in [1.165, 1.54) is 12.1 Å². The van der Waals surface area contributed by atoms with E-state index >= 15 is 0 Å². The third-order valence-corrected chi connectivity index (χ3v) is 4.26. The van der Waals surface area contributed by atoms with Crippen LogP contribution in [0.2, 0.25) is 5.02 Å². The SMILES string of the molecule is CC(CCCc1ccc(Cl)c(C(F)(F)F)c1)c1cc(O)cc(O)c1. The van der Waals surface area contributed by atoms with Gasteiger partial charge in [-0.2, -0.15) is 13.2 Å². The molecule has 6 heteroatoms. The van der Waals surface area contributed by atoms with Gasteiger partial charge in [-0.15, -0.1) is 0 Å². The zero-order chi connectivity index (χ0) is 17.9. The van der Waals surface area contributed by atoms with Crippen LogP contribution in [0.4, 0.5) is 13.2 Å². The van der Waals surface area contributed by atoms with Crippen molar-refractivity contribution < 1.29 is 23.4 Å². The Hall–Kier alpha value is -1.88. The molecule has 0 aliphatic carbocycles. The molecule has 0 heterocycles. The summed E-state index contributed by atoms with van der Waals surface area (Å²) in [5.74, 6) is 0.0473. The Morgan fingerprint density at radius 1 is 1.04 bits per heavy atom. The third-order valence-electron chi connectivity index (χ3n) is 3.93. The summed E-state index contributed by atoms with van der Waals surface area (Å²) in [5.41, 5.74) is 0.560. The highest BCUT2D eigenvalue weighted by Gasteiger charge is 2.33. The second-order valence-corrected chi connectivity index (χ2v) is 6.30. The maximum Gasteiger partial charge on any atom is 0.417 e. The smallest absolute Gasteiger partial charge is 0.417 e. The quantitative estimate of drug-likeness (QED) is 0.699. The van der Waals surface area contributed by atoms with Gasteiger partial charge in [-0.25, -0.2) is 0 Å². The lowest BCUT2D eigenvalue weighted by Crippen LogP contribution is -2.06. The van der Waals surface area contributed by atoms with Crippen molar-refractivity contribution in [3.05, 3.63) is 58.1 Å². The lowest BCUT2D eigenvalue weighted by atomic mass is 9.93. The highest BCUT2D eigenvalue weighted by molar-refractivity contribution is 6.31. The minimum absolute atomic E-state index is 0.00984. The van der Waals surface area contributed by atoms with E-state index in [-0.39, 0.29) is 22.4 Å². The molecule has 2 rings (SSSR count). The molecule has 0 saturated carbocycles. The van der Waals surface area contributed by atoms with E-state index in [2.05, 4.69) is 0 Å². The van der Waals surface area contributed by atoms with Crippen LogP contribution in [-0.4, -0.2) is 10.2 Å². The number of hydrogen-bond acceptors (Lipinski definition) is 2. The van der Waals surface area contributed by atoms with Crippen LogP contribution in [0.15, 0.2) is 36.4 Å². The fourth-order valence-electron chi connectivity index (χ4n) is 2.63. The van der Waals surface area contributed by atoms with Gasteiger partial charge in [0.1, 0.15) is 11.5 Å². The Morgan fingerprint density at radius 2 is 1.67 bits per heavy atom. The maximum atomic E-state index is 12.8. The molecular weight excluding hydrogens is 341 g/mol. The first-order valence-electron chi connectivity index (χ1n) is 7.55. The van der Waals surface area contributed by atoms with Crippen LogP contribution in [0.3, 0.4) is 0 Å². The molecule has 2 aromatic rings. The summed E-state index contributed by atoms with van der Waals surface area (Å²) < 4.78 is 38.5. The molecule has 2 nitrogen and oxygen atoms in total. The van der Waals surface area contributed by atoms with Crippen molar-refractivity contribution >= 4 is 11.6 Å². The lowest BCUT2D eigenvalue weighted by molar-refractivity contribution is -0.137. The van der Waals surface area contributed by atoms with Gasteiger partial charge < -0.3 is 10.2 Å². The monoisotopic (exact) mass is 358 g/mol. The predicted octanol–water partition coefficient (Wildman–Crippen LogP) is 5.90. The van der Waals surface area contributed by atoms with Crippen LogP contribution in [-0.2, 0) is 12.6 Å². The minimum Gasteiger partial charge on any atom is -0.508 e. The van der Waals surface area contributed by atoms with Crippen LogP contribution in [0.5, 0.6) is 11.5 Å². The second-order valence-electron chi connectivity index (χ2n) is 5.89. The van der Waals surface area contributed by atoms with Gasteiger partial charge in [0.2, 0.25) is 0 Å². The Labute approximate surface area is 143 Å². The number of alkyl halides is 3. The summed E-state index contributed by atoms with van der Waals surface area (Å²) in [5, 5.41) is 18.7. The Bertz CT molecular complexity index is 694. The minimum atomic E-state index is -4.46. The predicted molar refractivity (Wildman–Crippen MR) is 87.6 cm³/mol. The van der Waals surface area contributed by atoms with E-state index in [0.29, 0.717) is 24.8 Å². The van der Waals surface area contributed by atoms with Crippen molar-refractivity contribution in [3.63, 3.8) is 0 Å². The number of benzene rings is 2. The van der Waals surface area contributed by atoms with Gasteiger partial charge in [0.25, 0.3) is 0 Å². The average molecular weight is 359 g/mol. The highest BCUT2D eigenvalue weighted by Crippen LogP contribution is 2.35. The van der Waals surface area contributed by atoms with Crippen molar-refractivity contribution in [2.24, 2.45) is 0 Å². The molecule has 130 valence electrons. The summed E-state index contributed by atoms with van der Waals surface area (Å²) in [4.78, 5) is 0. The summed E-state index contributed by atoms with van der Waals surface area (Å²) in [6.45, 7) is 1.94. The first-order chi connectivity index (χ1) is 11.2. The van der Waals surface area contributed by atoms with Gasteiger partial charge in [-0.1, -0.05) is 24.6 Å². The van der Waals surface area contributed by atoms with E-state index < -0.39 is 11.7 Å². The normalized spacial score (nSPS) is 13.0. The van der Waals surface area contributed by atoms with E-state index in [4.69, 9.17) is 11.6 Å². The molecule has 0 saturated heterocycles. The molecule has 0 aliphatic heterocycles. The number of phenolic OH excluding ortho intramolecular Hbond substituents is 2. The van der Waals surface area contributed by atoms with Gasteiger partial charge in [0.05, 0.1) is 10.6 Å². The number of rotatable bonds is 5. The standard InChI is InChI=1S/C18H18ClF3O2/c1-11(13-8-14(23)10-15(24)9-13)3-2-4-12-5-6-17(19)16(7-12)18(20,21)22/h5-11,23-24H,2-4H2,1H3. The highest BCUT2D eigenvalue weighted by atomic mass is 35.5. The molecule has 0 fully saturated rings. The largest absolute Gasteiger partial charge is 0.508 e. The van der Waals surface area contributed by atoms with E-state index in [9.17, 15) is 23.4 Å². The Balaban J connectivity index is 1.99. The Morgan fingerprint density at radius 3 is 2.25 bits per heavy atom. The number of aromatic hydroxyl groups is 2. The molecule has 2 aromatic carbocycles. The molecule has 1 atom stereocenters. The molecule has 0 aromatic heterocycles. The molecule has 0 spiro atoms. The number of phenols is 2. The first-order valence-corrected chi connectivity index (χ1v) is 7.93. The molecule has 0 radical (unpaired) electrons. The summed E-state index contributed by atoms with van der Waals surface area (Å²) in [6, 6.07) is 8.37. The molecule has 0 amide bonds. The average Bonchev–Trinajstić information content (AvgIpc) is 2.46. The second kappa shape index (κ2) is 7.34. The van der Waals surface area contributed by atoms with Crippen molar-refractivity contribution in [1.82, 2.24) is 0 Å². The maximum absolute atomic E-state index is 12.8. The van der Waals surface area contributed by atoms with E-state index in [1.54, 1.807) is 18.2 Å². The van der Waals surface area contributed by atoms with Crippen LogP contribution < -0.4 is 0 Å². The van der Waals surface area contributed by atoms with Crippen molar-refractivity contribution in [2.45, 2.75) is 38.3 Å². The number of hydrogen-bond donors (Lipinski definition) is 2. The van der Waals surface area contributed by atoms with E-state index in [1.807, 2.05) is 6.92 Å². The molecule has 1 unspecified atom stereocenters. The number of halogens is 4. The Kier molecular flexibility index (Phi) is 5.65. The van der Waals surface area contributed by atoms with Crippen molar-refractivity contribution in [3.8, 4) is 11.5 Å². The van der Waals surface area contributed by atoms with Gasteiger partial charge in [0.15, 0.2) is 0 Å². The fraction of sp³-hybridized carbons (Fsp3) is 0.333. The summed E-state index contributed by atoms with van der Waals surface area (Å²) in [7, 11) is 0. The van der Waals surface area contributed by atoms with Crippen LogP contribution in [0, 0.1) is 0 Å². The zero-order valence-electron chi connectivity index (χ0n) is 13.1. The summed E-state index contributed by atoms with van der Waals surface area (Å²) in [6.07, 6.45) is -2.57. The molecule has 0 bridgehead atoms. The first kappa shape index (κ1) is 18.5. The van der Waals surface area contributed by atoms with Crippen LogP contribution >= 0.6 is 11.6 Å². The van der Waals surface area contributed by atoms with Crippen LogP contribution in [0.25, 0.3) is 0 Å². The van der Waals surface area contributed by atoms with Gasteiger partial charge >= 0.3 is 6.18 Å². The van der Waals surface area contributed by atoms with Crippen LogP contribution in [0.1, 0.15) is 42.4 Å². The third kappa shape index (κ3) is 4.81. The summed E-state index contributed by atoms with van der Waals surface area (Å²) >= 11 is 5.61. The van der Waals surface area contributed by atoms with Gasteiger partial charge in [-0.05, 0) is 60.6 Å². The van der Waals surface area contributed by atoms with Crippen molar-refractivity contribution in [1.29, 1.82) is 0 Å².